The van der Waals surface area contributed by atoms with Crippen LogP contribution in [0.4, 0.5) is 0 Å². The third kappa shape index (κ3) is 4.18. The molecule has 1 aromatic rings. The van der Waals surface area contributed by atoms with E-state index in [2.05, 4.69) is 21.2 Å². The highest BCUT2D eigenvalue weighted by Crippen LogP contribution is 2.27. The van der Waals surface area contributed by atoms with E-state index in [0.717, 1.165) is 22.9 Å². The highest BCUT2D eigenvalue weighted by molar-refractivity contribution is 9.10. The molecular formula is C13H17BrClNO2S. The van der Waals surface area contributed by atoms with E-state index in [9.17, 15) is 8.42 Å². The predicted molar refractivity (Wildman–Crippen MR) is 82.4 cm³/mol. The van der Waals surface area contributed by atoms with Crippen molar-refractivity contribution < 1.29 is 8.42 Å². The maximum absolute atomic E-state index is 11.6. The van der Waals surface area contributed by atoms with E-state index in [0.29, 0.717) is 10.8 Å². The average molecular weight is 367 g/mol. The Morgan fingerprint density at radius 1 is 1.47 bits per heavy atom. The second-order valence-electron chi connectivity index (χ2n) is 5.01. The van der Waals surface area contributed by atoms with Gasteiger partial charge in [0.2, 0.25) is 0 Å². The summed E-state index contributed by atoms with van der Waals surface area (Å²) in [5, 5.41) is 4.06. The SMILES string of the molecule is CC(NC1CCCS(=O)(=O)C1)c1ccc(Br)cc1Cl. The average Bonchev–Trinajstić information content (AvgIpc) is 2.27. The van der Waals surface area contributed by atoms with Crippen molar-refractivity contribution in [3.05, 3.63) is 33.3 Å². The van der Waals surface area contributed by atoms with Crippen LogP contribution in [0.25, 0.3) is 0 Å². The number of hydrogen-bond donors (Lipinski definition) is 1. The minimum absolute atomic E-state index is 0.0217. The van der Waals surface area contributed by atoms with Crippen LogP contribution in [-0.4, -0.2) is 26.0 Å². The summed E-state index contributed by atoms with van der Waals surface area (Å²) in [7, 11) is -2.88. The molecule has 0 spiro atoms. The van der Waals surface area contributed by atoms with Crippen molar-refractivity contribution in [1.82, 2.24) is 5.32 Å². The fourth-order valence-electron chi connectivity index (χ4n) is 2.45. The lowest BCUT2D eigenvalue weighted by Gasteiger charge is -2.27. The normalized spacial score (nSPS) is 24.1. The molecule has 2 unspecified atom stereocenters. The van der Waals surface area contributed by atoms with Gasteiger partial charge in [0.25, 0.3) is 0 Å². The number of nitrogens with one attached hydrogen (secondary N) is 1. The van der Waals surface area contributed by atoms with Crippen LogP contribution in [0.3, 0.4) is 0 Å². The highest BCUT2D eigenvalue weighted by Gasteiger charge is 2.26. The molecule has 19 heavy (non-hydrogen) atoms. The number of rotatable bonds is 3. The van der Waals surface area contributed by atoms with Crippen molar-refractivity contribution in [3.63, 3.8) is 0 Å². The Balaban J connectivity index is 2.06. The van der Waals surface area contributed by atoms with E-state index in [4.69, 9.17) is 11.6 Å². The maximum Gasteiger partial charge on any atom is 0.151 e. The van der Waals surface area contributed by atoms with Crippen molar-refractivity contribution in [3.8, 4) is 0 Å². The van der Waals surface area contributed by atoms with E-state index in [-0.39, 0.29) is 17.8 Å². The summed E-state index contributed by atoms with van der Waals surface area (Å²) in [5.41, 5.74) is 0.993. The Labute approximate surface area is 127 Å². The van der Waals surface area contributed by atoms with Gasteiger partial charge in [-0.15, -0.1) is 0 Å². The van der Waals surface area contributed by atoms with Gasteiger partial charge in [0, 0.05) is 21.6 Å². The number of sulfone groups is 1. The van der Waals surface area contributed by atoms with Gasteiger partial charge in [0.15, 0.2) is 9.84 Å². The molecule has 1 aromatic carbocycles. The number of benzene rings is 1. The van der Waals surface area contributed by atoms with Crippen LogP contribution >= 0.6 is 27.5 Å². The molecule has 1 fully saturated rings. The van der Waals surface area contributed by atoms with E-state index in [1.165, 1.54) is 0 Å². The van der Waals surface area contributed by atoms with Gasteiger partial charge in [-0.1, -0.05) is 33.6 Å². The molecule has 1 N–H and O–H groups in total. The molecular weight excluding hydrogens is 350 g/mol. The van der Waals surface area contributed by atoms with Crippen molar-refractivity contribution in [2.45, 2.75) is 31.8 Å². The van der Waals surface area contributed by atoms with Crippen molar-refractivity contribution in [1.29, 1.82) is 0 Å². The van der Waals surface area contributed by atoms with Gasteiger partial charge in [-0.3, -0.25) is 0 Å². The first-order chi connectivity index (χ1) is 8.87. The second kappa shape index (κ2) is 6.12. The lowest BCUT2D eigenvalue weighted by Crippen LogP contribution is -2.41. The Kier molecular flexibility index (Phi) is 4.93. The molecule has 0 amide bonds. The smallest absolute Gasteiger partial charge is 0.151 e. The molecule has 2 rings (SSSR count). The molecule has 0 aromatic heterocycles. The molecule has 0 aliphatic carbocycles. The molecule has 0 radical (unpaired) electrons. The highest BCUT2D eigenvalue weighted by atomic mass is 79.9. The minimum Gasteiger partial charge on any atom is -0.306 e. The van der Waals surface area contributed by atoms with Crippen molar-refractivity contribution in [2.24, 2.45) is 0 Å². The molecule has 6 heteroatoms. The third-order valence-corrected chi connectivity index (χ3v) is 6.02. The molecule has 2 atom stereocenters. The fraction of sp³-hybridized carbons (Fsp3) is 0.538. The third-order valence-electron chi connectivity index (χ3n) is 3.38. The first-order valence-corrected chi connectivity index (χ1v) is 9.28. The summed E-state index contributed by atoms with van der Waals surface area (Å²) >= 11 is 9.58. The maximum atomic E-state index is 11.6. The summed E-state index contributed by atoms with van der Waals surface area (Å²) in [5.74, 6) is 0.546. The van der Waals surface area contributed by atoms with Gasteiger partial charge in [-0.2, -0.15) is 0 Å². The molecule has 0 saturated carbocycles. The molecule has 106 valence electrons. The fourth-order valence-corrected chi connectivity index (χ4v) is 4.94. The second-order valence-corrected chi connectivity index (χ2v) is 8.56. The van der Waals surface area contributed by atoms with Gasteiger partial charge in [0.1, 0.15) is 0 Å². The Hall–Kier alpha value is -0.100. The molecule has 1 saturated heterocycles. The largest absolute Gasteiger partial charge is 0.306 e. The zero-order valence-corrected chi connectivity index (χ0v) is 13.9. The number of halogens is 2. The summed E-state index contributed by atoms with van der Waals surface area (Å²) < 4.78 is 24.2. The Bertz CT molecular complexity index is 562. The van der Waals surface area contributed by atoms with Crippen LogP contribution in [-0.2, 0) is 9.84 Å². The van der Waals surface area contributed by atoms with Crippen LogP contribution in [0, 0.1) is 0 Å². The standard InChI is InChI=1S/C13H17BrClNO2S/c1-9(12-5-4-10(14)7-13(12)15)16-11-3-2-6-19(17,18)8-11/h4-5,7,9,11,16H,2-3,6,8H2,1H3. The van der Waals surface area contributed by atoms with E-state index < -0.39 is 9.84 Å². The summed E-state index contributed by atoms with van der Waals surface area (Å²) in [6.07, 6.45) is 1.64. The lowest BCUT2D eigenvalue weighted by atomic mass is 10.1. The minimum atomic E-state index is -2.88. The van der Waals surface area contributed by atoms with Gasteiger partial charge in [-0.05, 0) is 37.5 Å². The van der Waals surface area contributed by atoms with E-state index in [1.807, 2.05) is 25.1 Å². The summed E-state index contributed by atoms with van der Waals surface area (Å²) in [4.78, 5) is 0. The molecule has 3 nitrogen and oxygen atoms in total. The van der Waals surface area contributed by atoms with Gasteiger partial charge >= 0.3 is 0 Å². The van der Waals surface area contributed by atoms with Gasteiger partial charge in [0.05, 0.1) is 11.5 Å². The summed E-state index contributed by atoms with van der Waals surface area (Å²) in [6, 6.07) is 5.82. The molecule has 1 aliphatic rings. The van der Waals surface area contributed by atoms with Crippen molar-refractivity contribution in [2.75, 3.05) is 11.5 Å². The van der Waals surface area contributed by atoms with Crippen LogP contribution in [0.15, 0.2) is 22.7 Å². The lowest BCUT2D eigenvalue weighted by molar-refractivity contribution is 0.437. The van der Waals surface area contributed by atoms with Gasteiger partial charge < -0.3 is 5.32 Å². The number of hydrogen-bond acceptors (Lipinski definition) is 3. The molecule has 0 bridgehead atoms. The van der Waals surface area contributed by atoms with Crippen LogP contribution in [0.5, 0.6) is 0 Å². The monoisotopic (exact) mass is 365 g/mol. The predicted octanol–water partition coefficient (Wildman–Crippen LogP) is 3.33. The first-order valence-electron chi connectivity index (χ1n) is 6.29. The molecule has 1 aliphatic heterocycles. The quantitative estimate of drug-likeness (QED) is 0.892. The zero-order chi connectivity index (χ0) is 14.0. The van der Waals surface area contributed by atoms with Crippen LogP contribution in [0.2, 0.25) is 5.02 Å². The van der Waals surface area contributed by atoms with E-state index >= 15 is 0 Å². The van der Waals surface area contributed by atoms with Gasteiger partial charge in [-0.25, -0.2) is 8.42 Å². The Morgan fingerprint density at radius 3 is 2.84 bits per heavy atom. The zero-order valence-electron chi connectivity index (χ0n) is 10.7. The Morgan fingerprint density at radius 2 is 2.21 bits per heavy atom. The topological polar surface area (TPSA) is 46.2 Å². The van der Waals surface area contributed by atoms with Crippen LogP contribution < -0.4 is 5.32 Å². The van der Waals surface area contributed by atoms with Crippen molar-refractivity contribution >= 4 is 37.4 Å². The van der Waals surface area contributed by atoms with Crippen LogP contribution in [0.1, 0.15) is 31.4 Å². The molecule has 1 heterocycles. The summed E-state index contributed by atoms with van der Waals surface area (Å²) in [6.45, 7) is 2.01. The van der Waals surface area contributed by atoms with E-state index in [1.54, 1.807) is 0 Å². The first kappa shape index (κ1) is 15.3.